The van der Waals surface area contributed by atoms with E-state index in [1.54, 1.807) is 0 Å². The number of hydrogen-bond donors (Lipinski definition) is 1. The molecule has 1 aliphatic heterocycles. The molecule has 1 aliphatic carbocycles. The Kier molecular flexibility index (Phi) is 4.95. The number of carbonyl (C=O) groups is 2. The van der Waals surface area contributed by atoms with E-state index in [-0.39, 0.29) is 29.3 Å². The van der Waals surface area contributed by atoms with Crippen molar-refractivity contribution in [2.75, 3.05) is 0 Å². The lowest BCUT2D eigenvalue weighted by atomic mass is 9.74. The molecule has 4 heteroatoms. The van der Waals surface area contributed by atoms with E-state index in [0.29, 0.717) is 6.04 Å². The second-order valence-corrected chi connectivity index (χ2v) is 7.60. The van der Waals surface area contributed by atoms with Crippen molar-refractivity contribution >= 4 is 11.8 Å². The quantitative estimate of drug-likeness (QED) is 0.793. The molecule has 4 nitrogen and oxygen atoms in total. The molecule has 3 atom stereocenters. The van der Waals surface area contributed by atoms with E-state index < -0.39 is 0 Å². The van der Waals surface area contributed by atoms with Gasteiger partial charge in [-0.05, 0) is 40.0 Å². The van der Waals surface area contributed by atoms with Gasteiger partial charge in [0.25, 0.3) is 0 Å². The number of amides is 2. The molecular formula is C17H30N2O2. The largest absolute Gasteiger partial charge is 0.350 e. The molecule has 0 spiro atoms. The molecule has 21 heavy (non-hydrogen) atoms. The molecule has 1 unspecified atom stereocenters. The maximum Gasteiger partial charge on any atom is 0.243 e. The van der Waals surface area contributed by atoms with E-state index in [0.717, 1.165) is 38.5 Å². The third-order valence-electron chi connectivity index (χ3n) is 4.63. The van der Waals surface area contributed by atoms with Gasteiger partial charge in [-0.2, -0.15) is 0 Å². The minimum Gasteiger partial charge on any atom is -0.350 e. The fourth-order valence-electron chi connectivity index (χ4n) is 3.64. The Morgan fingerprint density at radius 3 is 2.62 bits per heavy atom. The lowest BCUT2D eigenvalue weighted by Crippen LogP contribution is -2.68. The first-order valence-electron chi connectivity index (χ1n) is 8.49. The summed E-state index contributed by atoms with van der Waals surface area (Å²) in [5, 5.41) is 3.06. The average molecular weight is 294 g/mol. The summed E-state index contributed by atoms with van der Waals surface area (Å²) in [5.41, 5.74) is -0.249. The van der Waals surface area contributed by atoms with Crippen molar-refractivity contribution in [3.8, 4) is 0 Å². The summed E-state index contributed by atoms with van der Waals surface area (Å²) >= 11 is 0. The first-order chi connectivity index (χ1) is 9.85. The predicted molar refractivity (Wildman–Crippen MR) is 83.8 cm³/mol. The molecule has 1 saturated heterocycles. The van der Waals surface area contributed by atoms with Crippen molar-refractivity contribution in [2.24, 2.45) is 5.92 Å². The number of fused-ring (bicyclic) bond motifs is 1. The zero-order valence-corrected chi connectivity index (χ0v) is 13.9. The molecule has 0 aromatic carbocycles. The second-order valence-electron chi connectivity index (χ2n) is 7.60. The van der Waals surface area contributed by atoms with Crippen LogP contribution in [-0.2, 0) is 9.59 Å². The normalized spacial score (nSPS) is 26.9. The maximum absolute atomic E-state index is 12.6. The van der Waals surface area contributed by atoms with Crippen molar-refractivity contribution in [1.82, 2.24) is 10.2 Å². The van der Waals surface area contributed by atoms with Gasteiger partial charge in [0.15, 0.2) is 0 Å². The van der Waals surface area contributed by atoms with Gasteiger partial charge in [-0.3, -0.25) is 9.59 Å². The highest BCUT2D eigenvalue weighted by Crippen LogP contribution is 2.40. The van der Waals surface area contributed by atoms with Crippen LogP contribution in [0.15, 0.2) is 0 Å². The van der Waals surface area contributed by atoms with Gasteiger partial charge in [0.2, 0.25) is 11.8 Å². The molecule has 1 heterocycles. The van der Waals surface area contributed by atoms with Crippen LogP contribution in [0.5, 0.6) is 0 Å². The van der Waals surface area contributed by atoms with Crippen LogP contribution in [0.2, 0.25) is 0 Å². The summed E-state index contributed by atoms with van der Waals surface area (Å²) < 4.78 is 0. The molecule has 0 aromatic rings. The van der Waals surface area contributed by atoms with E-state index in [1.807, 2.05) is 25.7 Å². The first-order valence-corrected chi connectivity index (χ1v) is 8.49. The van der Waals surface area contributed by atoms with Crippen molar-refractivity contribution < 1.29 is 9.59 Å². The summed E-state index contributed by atoms with van der Waals surface area (Å²) in [5.74, 6) is 0.434. The Morgan fingerprint density at radius 1 is 1.33 bits per heavy atom. The van der Waals surface area contributed by atoms with Gasteiger partial charge in [-0.25, -0.2) is 0 Å². The number of likely N-dealkylation sites (tertiary alicyclic amines) is 1. The van der Waals surface area contributed by atoms with Crippen molar-refractivity contribution in [3.05, 3.63) is 0 Å². The number of nitrogens with zero attached hydrogens (tertiary/aromatic N) is 1. The molecule has 0 bridgehead atoms. The molecule has 2 rings (SSSR count). The minimum atomic E-state index is -0.268. The van der Waals surface area contributed by atoms with Gasteiger partial charge in [0, 0.05) is 11.6 Å². The zero-order chi connectivity index (χ0) is 15.6. The van der Waals surface area contributed by atoms with Crippen LogP contribution < -0.4 is 5.32 Å². The SMILES string of the molecule is CCCCC(C(=O)NC(C)(C)C)N1C(=O)[C@@H]2CCCC[C@@H]21. The topological polar surface area (TPSA) is 49.4 Å². The van der Waals surface area contributed by atoms with E-state index >= 15 is 0 Å². The molecule has 0 radical (unpaired) electrons. The molecule has 2 aliphatic rings. The molecule has 1 saturated carbocycles. The van der Waals surface area contributed by atoms with Gasteiger partial charge in [0.05, 0.1) is 5.92 Å². The summed E-state index contributed by atoms with van der Waals surface area (Å²) in [4.78, 5) is 26.9. The van der Waals surface area contributed by atoms with Crippen molar-refractivity contribution in [2.45, 2.75) is 90.3 Å². The minimum absolute atomic E-state index is 0.0216. The number of β-lactam (4-membered cyclic amide) rings is 1. The summed E-state index contributed by atoms with van der Waals surface area (Å²) in [6, 6.07) is 0.0508. The smallest absolute Gasteiger partial charge is 0.243 e. The van der Waals surface area contributed by atoms with Gasteiger partial charge in [0.1, 0.15) is 6.04 Å². The highest BCUT2D eigenvalue weighted by molar-refractivity contribution is 5.93. The fourth-order valence-corrected chi connectivity index (χ4v) is 3.64. The molecule has 120 valence electrons. The van der Waals surface area contributed by atoms with Crippen LogP contribution in [0.25, 0.3) is 0 Å². The second kappa shape index (κ2) is 6.37. The number of carbonyl (C=O) groups excluding carboxylic acids is 2. The predicted octanol–water partition coefficient (Wildman–Crippen LogP) is 2.86. The number of hydrogen-bond acceptors (Lipinski definition) is 2. The highest BCUT2D eigenvalue weighted by Gasteiger charge is 2.52. The molecule has 0 aromatic heterocycles. The fraction of sp³-hybridized carbons (Fsp3) is 0.882. The van der Waals surface area contributed by atoms with E-state index in [2.05, 4.69) is 12.2 Å². The van der Waals surface area contributed by atoms with Gasteiger partial charge in [-0.15, -0.1) is 0 Å². The standard InChI is InChI=1S/C17H30N2O2/c1-5-6-10-14(15(20)18-17(2,3)4)19-13-11-8-7-9-12(13)16(19)21/h12-14H,5-11H2,1-4H3,(H,18,20)/t12-,13+,14?/m1/s1. The van der Waals surface area contributed by atoms with Gasteiger partial charge >= 0.3 is 0 Å². The number of nitrogens with one attached hydrogen (secondary N) is 1. The molecule has 2 amide bonds. The highest BCUT2D eigenvalue weighted by atomic mass is 16.2. The average Bonchev–Trinajstić information content (AvgIpc) is 2.40. The van der Waals surface area contributed by atoms with Crippen molar-refractivity contribution in [3.63, 3.8) is 0 Å². The Hall–Kier alpha value is -1.06. The lowest BCUT2D eigenvalue weighted by Gasteiger charge is -2.53. The van der Waals surface area contributed by atoms with Gasteiger partial charge < -0.3 is 10.2 Å². The van der Waals surface area contributed by atoms with Crippen LogP contribution in [-0.4, -0.2) is 34.3 Å². The van der Waals surface area contributed by atoms with E-state index in [1.165, 1.54) is 6.42 Å². The Labute approximate surface area is 128 Å². The van der Waals surface area contributed by atoms with Crippen LogP contribution in [0.3, 0.4) is 0 Å². The lowest BCUT2D eigenvalue weighted by molar-refractivity contribution is -0.168. The zero-order valence-electron chi connectivity index (χ0n) is 13.9. The van der Waals surface area contributed by atoms with E-state index in [4.69, 9.17) is 0 Å². The Morgan fingerprint density at radius 2 is 2.00 bits per heavy atom. The third-order valence-corrected chi connectivity index (χ3v) is 4.63. The van der Waals surface area contributed by atoms with Crippen LogP contribution in [0.4, 0.5) is 0 Å². The number of unbranched alkanes of at least 4 members (excludes halogenated alkanes) is 1. The Bertz CT molecular complexity index is 400. The third kappa shape index (κ3) is 3.58. The van der Waals surface area contributed by atoms with E-state index in [9.17, 15) is 9.59 Å². The van der Waals surface area contributed by atoms with Crippen LogP contribution >= 0.6 is 0 Å². The van der Waals surface area contributed by atoms with Crippen LogP contribution in [0.1, 0.15) is 72.6 Å². The summed E-state index contributed by atoms with van der Waals surface area (Å²) in [7, 11) is 0. The first kappa shape index (κ1) is 16.3. The van der Waals surface area contributed by atoms with Crippen molar-refractivity contribution in [1.29, 1.82) is 0 Å². The molecule has 1 N–H and O–H groups in total. The van der Waals surface area contributed by atoms with Gasteiger partial charge in [-0.1, -0.05) is 32.6 Å². The monoisotopic (exact) mass is 294 g/mol. The molecule has 2 fully saturated rings. The molecular weight excluding hydrogens is 264 g/mol. The number of rotatable bonds is 5. The summed E-state index contributed by atoms with van der Waals surface area (Å²) in [6.45, 7) is 8.09. The maximum atomic E-state index is 12.6. The summed E-state index contributed by atoms with van der Waals surface area (Å²) in [6.07, 6.45) is 7.26. The van der Waals surface area contributed by atoms with Crippen LogP contribution in [0, 0.1) is 5.92 Å². The Balaban J connectivity index is 2.08.